The van der Waals surface area contributed by atoms with Gasteiger partial charge in [-0.2, -0.15) is 0 Å². The molecule has 0 aliphatic carbocycles. The molecule has 1 rings (SSSR count). The van der Waals surface area contributed by atoms with Gasteiger partial charge in [-0.25, -0.2) is 19.2 Å². The third kappa shape index (κ3) is 9.96. The molecule has 176 valence electrons. The lowest BCUT2D eigenvalue weighted by atomic mass is 10.2. The fourth-order valence-corrected chi connectivity index (χ4v) is 2.13. The molecule has 0 aromatic heterocycles. The Morgan fingerprint density at radius 1 is 0.750 bits per heavy atom. The normalized spacial score (nSPS) is 12.1. The molecule has 1 aromatic carbocycles. The molecular formula is C22H30N2O8. The highest BCUT2D eigenvalue weighted by molar-refractivity contribution is 6.03. The van der Waals surface area contributed by atoms with Crippen LogP contribution in [0.3, 0.4) is 0 Å². The maximum atomic E-state index is 12.7. The Morgan fingerprint density at radius 3 is 1.75 bits per heavy atom. The van der Waals surface area contributed by atoms with Gasteiger partial charge in [-0.15, -0.1) is 0 Å². The second kappa shape index (κ2) is 11.2. The minimum atomic E-state index is -1.11. The number of hydrogen-bond acceptors (Lipinski definition) is 8. The largest absolute Gasteiger partial charge is 0.464 e. The monoisotopic (exact) mass is 450 g/mol. The van der Waals surface area contributed by atoms with Gasteiger partial charge in [0.1, 0.15) is 17.8 Å². The number of benzene rings is 1. The molecule has 0 saturated carbocycles. The van der Waals surface area contributed by atoms with Crippen molar-refractivity contribution < 1.29 is 38.1 Å². The zero-order valence-corrected chi connectivity index (χ0v) is 19.4. The number of amides is 2. The second-order valence-corrected chi connectivity index (χ2v) is 8.56. The van der Waals surface area contributed by atoms with Crippen LogP contribution in [0.4, 0.5) is 9.59 Å². The van der Waals surface area contributed by atoms with Crippen molar-refractivity contribution in [2.75, 3.05) is 7.11 Å². The molecular weight excluding hydrogens is 420 g/mol. The van der Waals surface area contributed by atoms with Gasteiger partial charge < -0.3 is 18.9 Å². The molecule has 10 heteroatoms. The highest BCUT2D eigenvalue weighted by atomic mass is 16.6. The lowest BCUT2D eigenvalue weighted by molar-refractivity contribution is -0.151. The number of methoxy groups -OCH3 is 1. The SMILES string of the molecule is COC(=O)/C(NC(=O)OCc1ccccc1)=C(/NC(=O)OC(C)(C)C)C(=O)OC(C)(C)C. The number of carbonyl (C=O) groups excluding carboxylic acids is 4. The molecule has 10 nitrogen and oxygen atoms in total. The Morgan fingerprint density at radius 2 is 1.25 bits per heavy atom. The lowest BCUT2D eigenvalue weighted by Gasteiger charge is -2.24. The summed E-state index contributed by atoms with van der Waals surface area (Å²) >= 11 is 0. The number of ether oxygens (including phenoxy) is 4. The Balaban J connectivity index is 3.22. The van der Waals surface area contributed by atoms with E-state index in [2.05, 4.69) is 15.4 Å². The van der Waals surface area contributed by atoms with Crippen LogP contribution in [0.15, 0.2) is 41.7 Å². The van der Waals surface area contributed by atoms with Crippen LogP contribution in [0.2, 0.25) is 0 Å². The maximum Gasteiger partial charge on any atom is 0.412 e. The first-order chi connectivity index (χ1) is 14.7. The van der Waals surface area contributed by atoms with Gasteiger partial charge in [-0.3, -0.25) is 10.6 Å². The van der Waals surface area contributed by atoms with Crippen LogP contribution in [0, 0.1) is 0 Å². The summed E-state index contributed by atoms with van der Waals surface area (Å²) in [5, 5.41) is 4.31. The highest BCUT2D eigenvalue weighted by Gasteiger charge is 2.31. The Labute approximate surface area is 187 Å². The minimum absolute atomic E-state index is 0.0949. The van der Waals surface area contributed by atoms with Crippen molar-refractivity contribution in [1.82, 2.24) is 10.6 Å². The summed E-state index contributed by atoms with van der Waals surface area (Å²) in [4.78, 5) is 49.7. The van der Waals surface area contributed by atoms with Gasteiger partial charge in [0, 0.05) is 0 Å². The van der Waals surface area contributed by atoms with E-state index in [9.17, 15) is 19.2 Å². The Kier molecular flexibility index (Phi) is 9.24. The van der Waals surface area contributed by atoms with Crippen molar-refractivity contribution in [2.45, 2.75) is 59.4 Å². The number of esters is 2. The number of carbonyl (C=O) groups is 4. The van der Waals surface area contributed by atoms with E-state index < -0.39 is 46.7 Å². The lowest BCUT2D eigenvalue weighted by Crippen LogP contribution is -2.41. The Hall–Kier alpha value is -3.56. The summed E-state index contributed by atoms with van der Waals surface area (Å²) in [6, 6.07) is 8.81. The summed E-state index contributed by atoms with van der Waals surface area (Å²) in [5.74, 6) is -2.20. The first-order valence-electron chi connectivity index (χ1n) is 9.75. The molecule has 0 unspecified atom stereocenters. The van der Waals surface area contributed by atoms with Crippen LogP contribution in [0.5, 0.6) is 0 Å². The summed E-state index contributed by atoms with van der Waals surface area (Å²) < 4.78 is 20.1. The summed E-state index contributed by atoms with van der Waals surface area (Å²) in [7, 11) is 1.04. The van der Waals surface area contributed by atoms with E-state index in [1.54, 1.807) is 71.9 Å². The molecule has 2 amide bonds. The molecule has 0 bridgehead atoms. The molecule has 0 fully saturated rings. The van der Waals surface area contributed by atoms with Crippen LogP contribution >= 0.6 is 0 Å². The molecule has 0 aliphatic heterocycles. The van der Waals surface area contributed by atoms with Crippen LogP contribution < -0.4 is 10.6 Å². The van der Waals surface area contributed by atoms with Crippen LogP contribution in [-0.2, 0) is 35.1 Å². The molecule has 0 atom stereocenters. The quantitative estimate of drug-likeness (QED) is 0.384. The predicted molar refractivity (Wildman–Crippen MR) is 114 cm³/mol. The van der Waals surface area contributed by atoms with E-state index in [0.717, 1.165) is 7.11 Å². The smallest absolute Gasteiger partial charge is 0.412 e. The molecule has 0 radical (unpaired) electrons. The molecule has 0 heterocycles. The molecule has 2 N–H and O–H groups in total. The molecule has 0 saturated heterocycles. The van der Waals surface area contributed by atoms with Crippen molar-refractivity contribution in [3.8, 4) is 0 Å². The van der Waals surface area contributed by atoms with E-state index in [0.29, 0.717) is 5.56 Å². The van der Waals surface area contributed by atoms with E-state index in [1.807, 2.05) is 0 Å². The van der Waals surface area contributed by atoms with E-state index in [-0.39, 0.29) is 6.61 Å². The summed E-state index contributed by atoms with van der Waals surface area (Å²) in [5.41, 5.74) is -2.50. The third-order valence-electron chi connectivity index (χ3n) is 3.31. The third-order valence-corrected chi connectivity index (χ3v) is 3.31. The summed E-state index contributed by atoms with van der Waals surface area (Å²) in [6.07, 6.45) is -2.10. The predicted octanol–water partition coefficient (Wildman–Crippen LogP) is 3.16. The zero-order valence-electron chi connectivity index (χ0n) is 19.4. The van der Waals surface area contributed by atoms with Gasteiger partial charge in [0.05, 0.1) is 7.11 Å². The van der Waals surface area contributed by atoms with E-state index in [1.165, 1.54) is 0 Å². The first-order valence-corrected chi connectivity index (χ1v) is 9.75. The van der Waals surface area contributed by atoms with Crippen molar-refractivity contribution >= 4 is 24.1 Å². The van der Waals surface area contributed by atoms with Gasteiger partial charge in [0.25, 0.3) is 0 Å². The molecule has 1 aromatic rings. The van der Waals surface area contributed by atoms with Crippen LogP contribution in [0.1, 0.15) is 47.1 Å². The van der Waals surface area contributed by atoms with Gasteiger partial charge in [0.15, 0.2) is 11.4 Å². The molecule has 0 spiro atoms. The average molecular weight is 450 g/mol. The number of rotatable bonds is 6. The highest BCUT2D eigenvalue weighted by Crippen LogP contribution is 2.14. The van der Waals surface area contributed by atoms with Crippen molar-refractivity contribution in [3.63, 3.8) is 0 Å². The van der Waals surface area contributed by atoms with Gasteiger partial charge >= 0.3 is 24.1 Å². The van der Waals surface area contributed by atoms with Crippen LogP contribution in [0.25, 0.3) is 0 Å². The number of alkyl carbamates (subject to hydrolysis) is 2. The first kappa shape index (κ1) is 26.5. The number of nitrogens with one attached hydrogen (secondary N) is 2. The fraction of sp³-hybridized carbons (Fsp3) is 0.455. The van der Waals surface area contributed by atoms with E-state index in [4.69, 9.17) is 14.2 Å². The second-order valence-electron chi connectivity index (χ2n) is 8.56. The number of hydrogen-bond donors (Lipinski definition) is 2. The molecule has 32 heavy (non-hydrogen) atoms. The van der Waals surface area contributed by atoms with Crippen molar-refractivity contribution in [2.24, 2.45) is 0 Å². The van der Waals surface area contributed by atoms with Crippen LogP contribution in [-0.4, -0.2) is 42.4 Å². The van der Waals surface area contributed by atoms with Crippen molar-refractivity contribution in [1.29, 1.82) is 0 Å². The van der Waals surface area contributed by atoms with E-state index >= 15 is 0 Å². The topological polar surface area (TPSA) is 129 Å². The maximum absolute atomic E-state index is 12.7. The fourth-order valence-electron chi connectivity index (χ4n) is 2.13. The standard InChI is InChI=1S/C22H30N2O8/c1-21(2,3)31-18(26)16(24-20(28)32-22(4,5)6)15(17(25)29-7)23-19(27)30-13-14-11-9-8-10-12-14/h8-12H,13H2,1-7H3,(H,23,27)(H,24,28)/b16-15-. The zero-order chi connectivity index (χ0) is 24.5. The van der Waals surface area contributed by atoms with Gasteiger partial charge in [0.2, 0.25) is 0 Å². The average Bonchev–Trinajstić information content (AvgIpc) is 2.66. The Bertz CT molecular complexity index is 864. The van der Waals surface area contributed by atoms with Crippen molar-refractivity contribution in [3.05, 3.63) is 47.3 Å². The molecule has 0 aliphatic rings. The summed E-state index contributed by atoms with van der Waals surface area (Å²) in [6.45, 7) is 9.53. The minimum Gasteiger partial charge on any atom is -0.464 e. The van der Waals surface area contributed by atoms with Gasteiger partial charge in [-0.05, 0) is 47.1 Å². The van der Waals surface area contributed by atoms with Gasteiger partial charge in [-0.1, -0.05) is 30.3 Å².